The van der Waals surface area contributed by atoms with E-state index in [2.05, 4.69) is 0 Å². The molecule has 2 aromatic carbocycles. The van der Waals surface area contributed by atoms with Gasteiger partial charge in [0.05, 0.1) is 4.90 Å². The standard InChI is InChI=1S/C14H14O3S.K.H/c1-9-3-5-13(15)11(7-9)12-8-10(2)4-6-14(12)18(16)17;;/h3-8,15H,1-2H3,(H,16,17);;/q;+1;-1. The van der Waals surface area contributed by atoms with E-state index in [0.29, 0.717) is 16.0 Å². The predicted molar refractivity (Wildman–Crippen MR) is 73.2 cm³/mol. The quantitative estimate of drug-likeness (QED) is 0.623. The topological polar surface area (TPSA) is 57.5 Å². The summed E-state index contributed by atoms with van der Waals surface area (Å²) in [4.78, 5) is 0.307. The molecule has 96 valence electrons. The van der Waals surface area contributed by atoms with E-state index in [-0.39, 0.29) is 58.6 Å². The maximum absolute atomic E-state index is 11.3. The third-order valence-electron chi connectivity index (χ3n) is 2.77. The van der Waals surface area contributed by atoms with Gasteiger partial charge in [0.15, 0.2) is 11.1 Å². The minimum atomic E-state index is -2.08. The van der Waals surface area contributed by atoms with Crippen molar-refractivity contribution in [3.8, 4) is 16.9 Å². The van der Waals surface area contributed by atoms with Crippen LogP contribution in [0.3, 0.4) is 0 Å². The van der Waals surface area contributed by atoms with Gasteiger partial charge in [0, 0.05) is 11.1 Å². The van der Waals surface area contributed by atoms with Gasteiger partial charge < -0.3 is 11.1 Å². The van der Waals surface area contributed by atoms with Gasteiger partial charge in [-0.05, 0) is 38.1 Å². The van der Waals surface area contributed by atoms with E-state index < -0.39 is 11.1 Å². The summed E-state index contributed by atoms with van der Waals surface area (Å²) in [5, 5.41) is 9.90. The van der Waals surface area contributed by atoms with Crippen molar-refractivity contribution in [2.75, 3.05) is 0 Å². The van der Waals surface area contributed by atoms with Gasteiger partial charge in [-0.1, -0.05) is 23.3 Å². The molecule has 0 aliphatic rings. The summed E-state index contributed by atoms with van der Waals surface area (Å²) >= 11 is -2.08. The monoisotopic (exact) mass is 302 g/mol. The van der Waals surface area contributed by atoms with Gasteiger partial charge >= 0.3 is 51.4 Å². The van der Waals surface area contributed by atoms with Gasteiger partial charge in [-0.2, -0.15) is 0 Å². The Morgan fingerprint density at radius 3 is 2.11 bits per heavy atom. The molecule has 2 N–H and O–H groups in total. The molecule has 0 spiro atoms. The van der Waals surface area contributed by atoms with Crippen molar-refractivity contribution in [1.82, 2.24) is 0 Å². The third kappa shape index (κ3) is 3.98. The van der Waals surface area contributed by atoms with E-state index >= 15 is 0 Å². The van der Waals surface area contributed by atoms with E-state index in [9.17, 15) is 13.9 Å². The largest absolute Gasteiger partial charge is 1.00 e. The molecule has 0 saturated carbocycles. The van der Waals surface area contributed by atoms with E-state index in [4.69, 9.17) is 0 Å². The summed E-state index contributed by atoms with van der Waals surface area (Å²) in [5.41, 5.74) is 3.13. The normalized spacial score (nSPS) is 11.7. The first kappa shape index (κ1) is 17.0. The van der Waals surface area contributed by atoms with Crippen molar-refractivity contribution in [2.45, 2.75) is 18.7 Å². The Labute approximate surface area is 159 Å². The Kier molecular flexibility index (Phi) is 6.39. The second-order valence-corrected chi connectivity index (χ2v) is 5.21. The van der Waals surface area contributed by atoms with Gasteiger partial charge in [0.25, 0.3) is 0 Å². The van der Waals surface area contributed by atoms with Crippen LogP contribution < -0.4 is 51.4 Å². The van der Waals surface area contributed by atoms with Crippen LogP contribution >= 0.6 is 0 Å². The van der Waals surface area contributed by atoms with Gasteiger partial charge in [0.2, 0.25) is 0 Å². The fraction of sp³-hybridized carbons (Fsp3) is 0.143. The number of rotatable bonds is 2. The number of hydrogen-bond acceptors (Lipinski definition) is 2. The number of aromatic hydroxyl groups is 1. The van der Waals surface area contributed by atoms with Crippen LogP contribution in [0.25, 0.3) is 11.1 Å². The van der Waals surface area contributed by atoms with Crippen molar-refractivity contribution in [3.05, 3.63) is 47.5 Å². The van der Waals surface area contributed by atoms with Crippen LogP contribution in [0.2, 0.25) is 0 Å². The van der Waals surface area contributed by atoms with Crippen LogP contribution in [0.5, 0.6) is 5.75 Å². The maximum Gasteiger partial charge on any atom is 1.00 e. The molecule has 0 saturated heterocycles. The fourth-order valence-electron chi connectivity index (χ4n) is 1.87. The zero-order chi connectivity index (χ0) is 13.3. The number of aryl methyl sites for hydroxylation is 2. The molecule has 0 aliphatic carbocycles. The summed E-state index contributed by atoms with van der Waals surface area (Å²) in [6.45, 7) is 3.81. The van der Waals surface area contributed by atoms with Crippen LogP contribution in [0.4, 0.5) is 0 Å². The maximum atomic E-state index is 11.3. The first-order valence-corrected chi connectivity index (χ1v) is 6.61. The van der Waals surface area contributed by atoms with E-state index in [1.54, 1.807) is 36.4 Å². The average Bonchev–Trinajstić information content (AvgIpc) is 2.31. The van der Waals surface area contributed by atoms with Crippen molar-refractivity contribution in [3.63, 3.8) is 0 Å². The molecule has 0 fully saturated rings. The van der Waals surface area contributed by atoms with Gasteiger partial charge in [0.1, 0.15) is 5.75 Å². The Hall–Kier alpha value is -0.0136. The van der Waals surface area contributed by atoms with E-state index in [0.717, 1.165) is 11.1 Å². The van der Waals surface area contributed by atoms with E-state index in [1.165, 1.54) is 0 Å². The first-order valence-electron chi connectivity index (χ1n) is 5.50. The summed E-state index contributed by atoms with van der Waals surface area (Å²) in [7, 11) is 0. The molecule has 0 amide bonds. The van der Waals surface area contributed by atoms with Crippen LogP contribution in [0.15, 0.2) is 41.3 Å². The first-order chi connectivity index (χ1) is 8.49. The third-order valence-corrected chi connectivity index (χ3v) is 3.50. The molecular formula is C14H15KO3S. The SMILES string of the molecule is Cc1ccc(O)c(-c2cc(C)ccc2S(=O)O)c1.[H-].[K+]. The fourth-order valence-corrected chi connectivity index (χ4v) is 2.41. The average molecular weight is 302 g/mol. The number of phenolic OH excluding ortho intramolecular Hbond substituents is 1. The summed E-state index contributed by atoms with van der Waals surface area (Å²) in [5.74, 6) is 0.109. The van der Waals surface area contributed by atoms with Gasteiger partial charge in [-0.15, -0.1) is 0 Å². The van der Waals surface area contributed by atoms with Crippen LogP contribution in [0, 0.1) is 13.8 Å². The number of hydrogen-bond donors (Lipinski definition) is 2. The molecule has 3 nitrogen and oxygen atoms in total. The molecule has 0 aliphatic heterocycles. The Balaban J connectivity index is 0.00000180. The molecule has 5 heteroatoms. The molecular weight excluding hydrogens is 287 g/mol. The minimum Gasteiger partial charge on any atom is -1.00 e. The second-order valence-electron chi connectivity index (χ2n) is 4.27. The van der Waals surface area contributed by atoms with Crippen LogP contribution in [0.1, 0.15) is 12.6 Å². The predicted octanol–water partition coefficient (Wildman–Crippen LogP) is 0.373. The summed E-state index contributed by atoms with van der Waals surface area (Å²) in [6, 6.07) is 10.4. The second kappa shape index (κ2) is 7.13. The molecule has 2 aromatic rings. The number of phenols is 1. The Morgan fingerprint density at radius 1 is 1.00 bits per heavy atom. The van der Waals surface area contributed by atoms with Crippen molar-refractivity contribution in [2.24, 2.45) is 0 Å². The molecule has 0 radical (unpaired) electrons. The van der Waals surface area contributed by atoms with Crippen molar-refractivity contribution < 1.29 is 66.7 Å². The van der Waals surface area contributed by atoms with E-state index in [1.807, 2.05) is 13.8 Å². The summed E-state index contributed by atoms with van der Waals surface area (Å²) < 4.78 is 20.6. The molecule has 19 heavy (non-hydrogen) atoms. The Bertz CT molecular complexity index is 632. The molecule has 0 aromatic heterocycles. The zero-order valence-electron chi connectivity index (χ0n) is 12.2. The van der Waals surface area contributed by atoms with Gasteiger partial charge in [-0.3, -0.25) is 0 Å². The van der Waals surface area contributed by atoms with Crippen molar-refractivity contribution >= 4 is 11.1 Å². The molecule has 0 heterocycles. The van der Waals surface area contributed by atoms with Crippen molar-refractivity contribution in [1.29, 1.82) is 0 Å². The Morgan fingerprint density at radius 2 is 1.53 bits per heavy atom. The molecule has 1 atom stereocenters. The van der Waals surface area contributed by atoms with Gasteiger partial charge in [-0.25, -0.2) is 4.21 Å². The molecule has 1 unspecified atom stereocenters. The minimum absolute atomic E-state index is 0. The van der Waals surface area contributed by atoms with Crippen LogP contribution in [-0.2, 0) is 11.1 Å². The summed E-state index contributed by atoms with van der Waals surface area (Å²) in [6.07, 6.45) is 0. The smallest absolute Gasteiger partial charge is 1.00 e. The number of benzene rings is 2. The molecule has 2 rings (SSSR count). The molecule has 0 bridgehead atoms. The van der Waals surface area contributed by atoms with Crippen LogP contribution in [-0.4, -0.2) is 13.9 Å². The zero-order valence-corrected chi connectivity index (χ0v) is 15.1.